The summed E-state index contributed by atoms with van der Waals surface area (Å²) in [5, 5.41) is 4.12. The summed E-state index contributed by atoms with van der Waals surface area (Å²) >= 11 is 0. The van der Waals surface area contributed by atoms with Gasteiger partial charge >= 0.3 is 0 Å². The second-order valence-electron chi connectivity index (χ2n) is 7.60. The van der Waals surface area contributed by atoms with Crippen LogP contribution in [0.1, 0.15) is 27.9 Å². The van der Waals surface area contributed by atoms with Crippen molar-refractivity contribution in [3.05, 3.63) is 101 Å². The maximum atomic E-state index is 14.3. The zero-order valence-corrected chi connectivity index (χ0v) is 17.8. The summed E-state index contributed by atoms with van der Waals surface area (Å²) in [5.74, 6) is -2.12. The largest absolute Gasteiger partial charge is 0.497 e. The first-order valence-corrected chi connectivity index (χ1v) is 10.3. The average molecular weight is 454 g/mol. The molecule has 1 amide bonds. The van der Waals surface area contributed by atoms with Crippen molar-refractivity contribution in [2.75, 3.05) is 13.7 Å². The monoisotopic (exact) mass is 454 g/mol. The molecule has 0 aromatic heterocycles. The SMILES string of the molecule is COc1ccc(C2=NOC(CN(Cc3ccc(F)cc3F)C(=O)c3ccccc3F)C2)cc1. The van der Waals surface area contributed by atoms with Gasteiger partial charge in [0.15, 0.2) is 6.10 Å². The number of halogens is 3. The van der Waals surface area contributed by atoms with E-state index in [4.69, 9.17) is 9.57 Å². The Morgan fingerprint density at radius 1 is 1.06 bits per heavy atom. The molecule has 1 aliphatic rings. The van der Waals surface area contributed by atoms with Gasteiger partial charge in [-0.1, -0.05) is 23.4 Å². The van der Waals surface area contributed by atoms with E-state index in [0.29, 0.717) is 17.9 Å². The van der Waals surface area contributed by atoms with Gasteiger partial charge in [0.25, 0.3) is 5.91 Å². The molecule has 0 bridgehead atoms. The van der Waals surface area contributed by atoms with Gasteiger partial charge in [-0.3, -0.25) is 4.79 Å². The fourth-order valence-corrected chi connectivity index (χ4v) is 3.61. The highest BCUT2D eigenvalue weighted by molar-refractivity contribution is 6.01. The van der Waals surface area contributed by atoms with Crippen LogP contribution in [0, 0.1) is 17.5 Å². The van der Waals surface area contributed by atoms with Crippen molar-refractivity contribution >= 4 is 11.6 Å². The number of ether oxygens (including phenoxy) is 1. The highest BCUT2D eigenvalue weighted by Gasteiger charge is 2.29. The van der Waals surface area contributed by atoms with Crippen LogP contribution in [-0.4, -0.2) is 36.3 Å². The Morgan fingerprint density at radius 3 is 2.52 bits per heavy atom. The Balaban J connectivity index is 1.53. The fraction of sp³-hybridized carbons (Fsp3) is 0.200. The maximum absolute atomic E-state index is 14.3. The van der Waals surface area contributed by atoms with E-state index in [1.807, 2.05) is 12.1 Å². The third-order valence-electron chi connectivity index (χ3n) is 5.35. The second-order valence-corrected chi connectivity index (χ2v) is 7.60. The van der Waals surface area contributed by atoms with Crippen molar-refractivity contribution in [3.63, 3.8) is 0 Å². The Labute approximate surface area is 189 Å². The van der Waals surface area contributed by atoms with Crippen molar-refractivity contribution in [3.8, 4) is 5.75 Å². The van der Waals surface area contributed by atoms with E-state index in [2.05, 4.69) is 5.16 Å². The summed E-state index contributed by atoms with van der Waals surface area (Å²) < 4.78 is 47.1. The Hall–Kier alpha value is -3.81. The molecule has 0 aliphatic carbocycles. The summed E-state index contributed by atoms with van der Waals surface area (Å²) in [6.07, 6.45) is -0.111. The van der Waals surface area contributed by atoms with E-state index in [9.17, 15) is 18.0 Å². The molecular weight excluding hydrogens is 433 g/mol. The highest BCUT2D eigenvalue weighted by atomic mass is 19.1. The summed E-state index contributed by atoms with van der Waals surface area (Å²) in [4.78, 5) is 19.9. The van der Waals surface area contributed by atoms with Crippen molar-refractivity contribution in [2.24, 2.45) is 5.16 Å². The molecule has 5 nitrogen and oxygen atoms in total. The van der Waals surface area contributed by atoms with Gasteiger partial charge in [-0.2, -0.15) is 0 Å². The number of oxime groups is 1. The van der Waals surface area contributed by atoms with Crippen LogP contribution in [0.15, 0.2) is 71.9 Å². The number of benzene rings is 3. The lowest BCUT2D eigenvalue weighted by Gasteiger charge is -2.25. The van der Waals surface area contributed by atoms with E-state index >= 15 is 0 Å². The number of methoxy groups -OCH3 is 1. The molecule has 1 aliphatic heterocycles. The van der Waals surface area contributed by atoms with Gasteiger partial charge in [-0.15, -0.1) is 0 Å². The Morgan fingerprint density at radius 2 is 1.82 bits per heavy atom. The molecule has 0 fully saturated rings. The van der Waals surface area contributed by atoms with Crippen molar-refractivity contribution < 1.29 is 27.5 Å². The minimum absolute atomic E-state index is 0.0349. The van der Waals surface area contributed by atoms with Gasteiger partial charge < -0.3 is 14.5 Å². The minimum Gasteiger partial charge on any atom is -0.497 e. The predicted octanol–water partition coefficient (Wildman–Crippen LogP) is 4.95. The maximum Gasteiger partial charge on any atom is 0.257 e. The van der Waals surface area contributed by atoms with Gasteiger partial charge in [0.1, 0.15) is 23.2 Å². The summed E-state index contributed by atoms with van der Waals surface area (Å²) in [6, 6.07) is 16.0. The molecule has 1 heterocycles. The van der Waals surface area contributed by atoms with Crippen molar-refractivity contribution in [2.45, 2.75) is 19.1 Å². The molecule has 0 saturated carbocycles. The van der Waals surface area contributed by atoms with Crippen LogP contribution < -0.4 is 4.74 Å². The van der Waals surface area contributed by atoms with Crippen LogP contribution in [0.3, 0.4) is 0 Å². The first kappa shape index (κ1) is 22.4. The highest BCUT2D eigenvalue weighted by Crippen LogP contribution is 2.22. The Bertz CT molecular complexity index is 1180. The summed E-state index contributed by atoms with van der Waals surface area (Å²) in [5.41, 5.74) is 1.49. The van der Waals surface area contributed by atoms with Crippen LogP contribution in [0.25, 0.3) is 0 Å². The van der Waals surface area contributed by atoms with Crippen molar-refractivity contribution in [1.29, 1.82) is 0 Å². The molecule has 1 atom stereocenters. The molecule has 8 heteroatoms. The van der Waals surface area contributed by atoms with Gasteiger partial charge in [0.05, 0.1) is 24.9 Å². The molecule has 0 saturated heterocycles. The standard InChI is InChI=1S/C25H21F3N2O3/c1-32-19-10-7-16(8-11-19)24-13-20(33-29-24)15-30(14-17-6-9-18(26)12-23(17)28)25(31)21-4-2-3-5-22(21)27/h2-12,20H,13-15H2,1H3. The molecular formula is C25H21F3N2O3. The van der Waals surface area contributed by atoms with Crippen LogP contribution in [0.2, 0.25) is 0 Å². The first-order valence-electron chi connectivity index (χ1n) is 10.3. The molecule has 3 aromatic rings. The van der Waals surface area contributed by atoms with Crippen LogP contribution in [0.5, 0.6) is 5.75 Å². The molecule has 0 radical (unpaired) electrons. The lowest BCUT2D eigenvalue weighted by molar-refractivity contribution is 0.0400. The predicted molar refractivity (Wildman–Crippen MR) is 117 cm³/mol. The molecule has 4 rings (SSSR count). The molecule has 3 aromatic carbocycles. The van der Waals surface area contributed by atoms with E-state index in [0.717, 1.165) is 17.7 Å². The normalized spacial score (nSPS) is 15.0. The van der Waals surface area contributed by atoms with E-state index in [-0.39, 0.29) is 24.2 Å². The Kier molecular flexibility index (Phi) is 6.63. The third kappa shape index (κ3) is 5.16. The number of nitrogens with zero attached hydrogens (tertiary/aromatic N) is 2. The minimum atomic E-state index is -0.788. The molecule has 33 heavy (non-hydrogen) atoms. The molecule has 0 N–H and O–H groups in total. The number of carbonyl (C=O) groups excluding carboxylic acids is 1. The molecule has 0 spiro atoms. The topological polar surface area (TPSA) is 51.1 Å². The average Bonchev–Trinajstić information content (AvgIpc) is 3.29. The quantitative estimate of drug-likeness (QED) is 0.508. The number of rotatable bonds is 7. The van der Waals surface area contributed by atoms with Gasteiger partial charge in [-0.25, -0.2) is 13.2 Å². The third-order valence-corrected chi connectivity index (χ3v) is 5.35. The van der Waals surface area contributed by atoms with E-state index in [1.54, 1.807) is 25.3 Å². The van der Waals surface area contributed by atoms with Gasteiger partial charge in [-0.05, 0) is 48.0 Å². The number of hydrogen-bond donors (Lipinski definition) is 0. The zero-order chi connectivity index (χ0) is 23.4. The first-order chi connectivity index (χ1) is 15.9. The molecule has 1 unspecified atom stereocenters. The zero-order valence-electron chi connectivity index (χ0n) is 17.8. The number of carbonyl (C=O) groups is 1. The van der Waals surface area contributed by atoms with Crippen LogP contribution in [0.4, 0.5) is 13.2 Å². The van der Waals surface area contributed by atoms with Crippen LogP contribution >= 0.6 is 0 Å². The molecule has 170 valence electrons. The van der Waals surface area contributed by atoms with E-state index < -0.39 is 29.5 Å². The summed E-state index contributed by atoms with van der Waals surface area (Å²) in [6.45, 7) is -0.149. The summed E-state index contributed by atoms with van der Waals surface area (Å²) in [7, 11) is 1.58. The smallest absolute Gasteiger partial charge is 0.257 e. The van der Waals surface area contributed by atoms with Gasteiger partial charge in [0, 0.05) is 24.6 Å². The lowest BCUT2D eigenvalue weighted by atomic mass is 10.0. The number of hydrogen-bond acceptors (Lipinski definition) is 4. The fourth-order valence-electron chi connectivity index (χ4n) is 3.61. The second kappa shape index (κ2) is 9.77. The van der Waals surface area contributed by atoms with E-state index in [1.165, 1.54) is 29.2 Å². The lowest BCUT2D eigenvalue weighted by Crippen LogP contribution is -2.38. The van der Waals surface area contributed by atoms with Crippen LogP contribution in [-0.2, 0) is 11.4 Å². The van der Waals surface area contributed by atoms with Gasteiger partial charge in [0.2, 0.25) is 0 Å². The van der Waals surface area contributed by atoms with Crippen molar-refractivity contribution in [1.82, 2.24) is 4.90 Å². The number of amides is 1.